The molecule has 114 valence electrons. The van der Waals surface area contributed by atoms with Gasteiger partial charge >= 0.3 is 5.97 Å². The fourth-order valence-electron chi connectivity index (χ4n) is 1.56. The average molecular weight is 320 g/mol. The van der Waals surface area contributed by atoms with E-state index in [4.69, 9.17) is 0 Å². The van der Waals surface area contributed by atoms with Gasteiger partial charge in [-0.25, -0.2) is 18.2 Å². The number of aromatic nitrogens is 1. The van der Waals surface area contributed by atoms with Crippen LogP contribution in [0.2, 0.25) is 0 Å². The Hall–Kier alpha value is -1.15. The molecule has 1 heterocycles. The average Bonchev–Trinajstić information content (AvgIpc) is 2.79. The van der Waals surface area contributed by atoms with Crippen molar-refractivity contribution in [2.45, 2.75) is 26.2 Å². The van der Waals surface area contributed by atoms with Gasteiger partial charge in [-0.2, -0.15) is 0 Å². The zero-order chi connectivity index (χ0) is 15.5. The highest BCUT2D eigenvalue weighted by molar-refractivity contribution is 7.90. The van der Waals surface area contributed by atoms with Crippen molar-refractivity contribution >= 4 is 32.3 Å². The first kappa shape index (κ1) is 16.9. The molecule has 0 saturated carbocycles. The van der Waals surface area contributed by atoms with E-state index in [1.165, 1.54) is 6.26 Å². The van der Waals surface area contributed by atoms with E-state index in [0.29, 0.717) is 17.4 Å². The predicted octanol–water partition coefficient (Wildman–Crippen LogP) is 1.84. The molecule has 1 unspecified atom stereocenters. The maximum atomic E-state index is 11.3. The summed E-state index contributed by atoms with van der Waals surface area (Å²) in [5, 5.41) is 9.76. The number of carboxylic acid groups (broad SMARTS) is 1. The minimum atomic E-state index is -3.05. The van der Waals surface area contributed by atoms with E-state index in [1.807, 2.05) is 13.8 Å². The van der Waals surface area contributed by atoms with Crippen molar-refractivity contribution in [1.82, 2.24) is 4.98 Å². The molecule has 0 aromatic carbocycles. The molecule has 1 aromatic rings. The quantitative estimate of drug-likeness (QED) is 0.825. The summed E-state index contributed by atoms with van der Waals surface area (Å²) in [7, 11) is -1.33. The Labute approximate surface area is 123 Å². The van der Waals surface area contributed by atoms with Crippen LogP contribution in [0.5, 0.6) is 0 Å². The number of aromatic carboxylic acids is 1. The Balaban J connectivity index is 2.99. The van der Waals surface area contributed by atoms with Crippen LogP contribution in [0.4, 0.5) is 5.13 Å². The van der Waals surface area contributed by atoms with Gasteiger partial charge in [-0.1, -0.05) is 25.2 Å². The topological polar surface area (TPSA) is 87.6 Å². The van der Waals surface area contributed by atoms with Gasteiger partial charge in [-0.15, -0.1) is 0 Å². The van der Waals surface area contributed by atoms with Gasteiger partial charge in [0.15, 0.2) is 5.13 Å². The Kier molecular flexibility index (Phi) is 5.52. The first-order valence-electron chi connectivity index (χ1n) is 6.28. The molecule has 6 nitrogen and oxygen atoms in total. The fourth-order valence-corrected chi connectivity index (χ4v) is 3.18. The monoisotopic (exact) mass is 320 g/mol. The van der Waals surface area contributed by atoms with E-state index in [0.717, 1.165) is 17.8 Å². The highest BCUT2D eigenvalue weighted by Gasteiger charge is 2.22. The number of anilines is 1. The predicted molar refractivity (Wildman–Crippen MR) is 80.8 cm³/mol. The lowest BCUT2D eigenvalue weighted by Crippen LogP contribution is -2.24. The van der Waals surface area contributed by atoms with Crippen molar-refractivity contribution in [1.29, 1.82) is 0 Å². The van der Waals surface area contributed by atoms with Crippen molar-refractivity contribution in [2.75, 3.05) is 30.5 Å². The Morgan fingerprint density at radius 2 is 2.10 bits per heavy atom. The number of nitrogens with zero attached hydrogens (tertiary/aromatic N) is 2. The summed E-state index contributed by atoms with van der Waals surface area (Å²) in [5.74, 6) is -0.903. The first-order chi connectivity index (χ1) is 9.15. The lowest BCUT2D eigenvalue weighted by molar-refractivity contribution is 0.0700. The summed E-state index contributed by atoms with van der Waals surface area (Å²) < 4.78 is 22.3. The summed E-state index contributed by atoms with van der Waals surface area (Å²) in [5.41, 5.74) is 0.575. The molecule has 1 N–H and O–H groups in total. The Morgan fingerprint density at radius 1 is 1.50 bits per heavy atom. The highest BCUT2D eigenvalue weighted by Crippen LogP contribution is 2.31. The van der Waals surface area contributed by atoms with E-state index >= 15 is 0 Å². The van der Waals surface area contributed by atoms with Gasteiger partial charge in [-0.3, -0.25) is 0 Å². The maximum Gasteiger partial charge on any atom is 0.347 e. The van der Waals surface area contributed by atoms with Crippen LogP contribution >= 0.6 is 11.3 Å². The van der Waals surface area contributed by atoms with E-state index in [1.54, 1.807) is 11.9 Å². The summed E-state index contributed by atoms with van der Waals surface area (Å²) in [6.45, 7) is 4.20. The standard InChI is InChI=1S/C12H20N2O4S2/c1-5-8(2)9-10(11(15)16)19-12(13-9)14(3)6-7-20(4,17)18/h8H,5-7H2,1-4H3,(H,15,16). The largest absolute Gasteiger partial charge is 0.477 e. The molecule has 0 aliphatic rings. The molecule has 1 atom stereocenters. The molecule has 0 saturated heterocycles. The number of hydrogen-bond donors (Lipinski definition) is 1. The van der Waals surface area contributed by atoms with Gasteiger partial charge in [0.25, 0.3) is 0 Å². The van der Waals surface area contributed by atoms with Crippen molar-refractivity contribution in [2.24, 2.45) is 0 Å². The van der Waals surface area contributed by atoms with Gasteiger partial charge in [0.1, 0.15) is 14.7 Å². The lowest BCUT2D eigenvalue weighted by atomic mass is 10.0. The molecule has 0 radical (unpaired) electrons. The Morgan fingerprint density at radius 3 is 2.55 bits per heavy atom. The molecule has 20 heavy (non-hydrogen) atoms. The normalized spacial score (nSPS) is 13.2. The third kappa shape index (κ3) is 4.45. The number of carboxylic acids is 1. The van der Waals surface area contributed by atoms with E-state index < -0.39 is 15.8 Å². The smallest absolute Gasteiger partial charge is 0.347 e. The molecular weight excluding hydrogens is 300 g/mol. The van der Waals surface area contributed by atoms with Gasteiger partial charge in [-0.05, 0) is 12.3 Å². The van der Waals surface area contributed by atoms with E-state index in [-0.39, 0.29) is 16.5 Å². The number of hydrogen-bond acceptors (Lipinski definition) is 6. The molecular formula is C12H20N2O4S2. The minimum absolute atomic E-state index is 0.0180. The summed E-state index contributed by atoms with van der Waals surface area (Å²) >= 11 is 1.09. The third-order valence-corrected chi connectivity index (χ3v) is 5.14. The Bertz CT molecular complexity index is 580. The van der Waals surface area contributed by atoms with Gasteiger partial charge in [0.05, 0.1) is 11.4 Å². The van der Waals surface area contributed by atoms with Crippen molar-refractivity contribution in [3.8, 4) is 0 Å². The summed E-state index contributed by atoms with van der Waals surface area (Å²) in [6, 6.07) is 0. The molecule has 0 bridgehead atoms. The van der Waals surface area contributed by atoms with Crippen LogP contribution in [-0.2, 0) is 9.84 Å². The highest BCUT2D eigenvalue weighted by atomic mass is 32.2. The number of sulfone groups is 1. The molecule has 0 aliphatic heterocycles. The second-order valence-electron chi connectivity index (χ2n) is 4.88. The van der Waals surface area contributed by atoms with E-state index in [9.17, 15) is 18.3 Å². The van der Waals surface area contributed by atoms with Crippen LogP contribution < -0.4 is 4.90 Å². The molecule has 0 amide bonds. The van der Waals surface area contributed by atoms with Crippen molar-refractivity contribution in [3.05, 3.63) is 10.6 Å². The second kappa shape index (κ2) is 6.53. The summed E-state index contributed by atoms with van der Waals surface area (Å²) in [6.07, 6.45) is 1.98. The van der Waals surface area contributed by atoms with E-state index in [2.05, 4.69) is 4.98 Å². The second-order valence-corrected chi connectivity index (χ2v) is 8.11. The molecule has 0 fully saturated rings. The van der Waals surface area contributed by atoms with Crippen molar-refractivity contribution < 1.29 is 18.3 Å². The molecule has 1 aromatic heterocycles. The molecule has 0 aliphatic carbocycles. The fraction of sp³-hybridized carbons (Fsp3) is 0.667. The van der Waals surface area contributed by atoms with Crippen LogP contribution in [0, 0.1) is 0 Å². The lowest BCUT2D eigenvalue weighted by Gasteiger charge is -2.14. The van der Waals surface area contributed by atoms with Gasteiger partial charge in [0.2, 0.25) is 0 Å². The van der Waals surface area contributed by atoms with Crippen LogP contribution in [0.15, 0.2) is 0 Å². The van der Waals surface area contributed by atoms with Gasteiger partial charge < -0.3 is 10.0 Å². The van der Waals surface area contributed by atoms with Crippen LogP contribution in [-0.4, -0.2) is 50.1 Å². The maximum absolute atomic E-state index is 11.3. The zero-order valence-corrected chi connectivity index (χ0v) is 13.7. The van der Waals surface area contributed by atoms with Crippen LogP contribution in [0.3, 0.4) is 0 Å². The molecule has 8 heteroatoms. The molecule has 0 spiro atoms. The minimum Gasteiger partial charge on any atom is -0.477 e. The SMILES string of the molecule is CCC(C)c1nc(N(C)CCS(C)(=O)=O)sc1C(=O)O. The third-order valence-electron chi connectivity index (χ3n) is 3.04. The number of carbonyl (C=O) groups is 1. The number of rotatable bonds is 7. The first-order valence-corrected chi connectivity index (χ1v) is 9.16. The van der Waals surface area contributed by atoms with Crippen molar-refractivity contribution in [3.63, 3.8) is 0 Å². The zero-order valence-electron chi connectivity index (χ0n) is 12.1. The van der Waals surface area contributed by atoms with Gasteiger partial charge in [0, 0.05) is 19.8 Å². The number of thiazole rings is 1. The van der Waals surface area contributed by atoms with Crippen LogP contribution in [0.1, 0.15) is 41.6 Å². The molecule has 1 rings (SSSR count). The summed E-state index contributed by atoms with van der Waals surface area (Å²) in [4.78, 5) is 17.5. The van der Waals surface area contributed by atoms with Crippen LogP contribution in [0.25, 0.3) is 0 Å².